The molecular formula is C26H20O7. The minimum atomic E-state index is -0.350. The van der Waals surface area contributed by atoms with Crippen LogP contribution in [-0.4, -0.2) is 31.1 Å². The van der Waals surface area contributed by atoms with Crippen LogP contribution in [0.15, 0.2) is 60.4 Å². The van der Waals surface area contributed by atoms with E-state index in [0.717, 1.165) is 5.56 Å². The molecule has 5 rings (SSSR count). The van der Waals surface area contributed by atoms with Crippen LogP contribution in [0.1, 0.15) is 39.4 Å². The fraction of sp³-hybridized carbons (Fsp3) is 0.154. The molecule has 33 heavy (non-hydrogen) atoms. The summed E-state index contributed by atoms with van der Waals surface area (Å²) in [7, 11) is 3.05. The molecular weight excluding hydrogens is 424 g/mol. The van der Waals surface area contributed by atoms with Crippen molar-refractivity contribution in [3.63, 3.8) is 0 Å². The van der Waals surface area contributed by atoms with E-state index in [2.05, 4.69) is 0 Å². The number of hydrogen-bond donors (Lipinski definition) is 1. The highest BCUT2D eigenvalue weighted by Crippen LogP contribution is 2.49. The van der Waals surface area contributed by atoms with Crippen molar-refractivity contribution in [2.24, 2.45) is 0 Å². The number of Topliss-reactive ketones (excluding diaryl/α,β-unsaturated/α-hetero) is 1. The largest absolute Gasteiger partial charge is 0.504 e. The first kappa shape index (κ1) is 20.6. The number of ketones is 1. The molecule has 166 valence electrons. The van der Waals surface area contributed by atoms with E-state index in [9.17, 15) is 14.7 Å². The van der Waals surface area contributed by atoms with Crippen molar-refractivity contribution in [2.75, 3.05) is 14.2 Å². The molecule has 7 nitrogen and oxygen atoms in total. The highest BCUT2D eigenvalue weighted by Gasteiger charge is 2.38. The number of ether oxygens (including phenoxy) is 4. The highest BCUT2D eigenvalue weighted by atomic mass is 16.5. The molecule has 2 aliphatic heterocycles. The lowest BCUT2D eigenvalue weighted by Crippen LogP contribution is -2.21. The number of methoxy groups -OCH3 is 2. The number of fused-ring (bicyclic) bond motifs is 3. The predicted octanol–water partition coefficient (Wildman–Crippen LogP) is 4.47. The van der Waals surface area contributed by atoms with Crippen molar-refractivity contribution in [1.82, 2.24) is 0 Å². The summed E-state index contributed by atoms with van der Waals surface area (Å²) in [6, 6.07) is 15.5. The molecule has 0 aliphatic carbocycles. The Hall–Kier alpha value is -4.26. The van der Waals surface area contributed by atoms with Crippen LogP contribution in [0.5, 0.6) is 28.7 Å². The molecule has 0 saturated carbocycles. The smallest absolute Gasteiger partial charge is 0.312 e. The molecule has 0 aromatic heterocycles. The van der Waals surface area contributed by atoms with Crippen molar-refractivity contribution in [2.45, 2.75) is 12.3 Å². The third-order valence-electron chi connectivity index (χ3n) is 5.80. The minimum Gasteiger partial charge on any atom is -0.504 e. The summed E-state index contributed by atoms with van der Waals surface area (Å²) >= 11 is 0. The van der Waals surface area contributed by atoms with Crippen molar-refractivity contribution in [3.05, 3.63) is 82.6 Å². The number of esters is 1. The monoisotopic (exact) mass is 444 g/mol. The second kappa shape index (κ2) is 8.02. The lowest BCUT2D eigenvalue weighted by Gasteiger charge is -2.26. The number of carbonyl (C=O) groups excluding carboxylic acids is 2. The van der Waals surface area contributed by atoms with Crippen LogP contribution in [0.4, 0.5) is 0 Å². The summed E-state index contributed by atoms with van der Waals surface area (Å²) in [6.45, 7) is 0. The third-order valence-corrected chi connectivity index (χ3v) is 5.80. The van der Waals surface area contributed by atoms with Crippen LogP contribution in [0, 0.1) is 0 Å². The Balaban J connectivity index is 1.56. The van der Waals surface area contributed by atoms with Gasteiger partial charge in [0, 0.05) is 11.5 Å². The molecule has 0 amide bonds. The number of phenols is 1. The molecule has 0 saturated heterocycles. The summed E-state index contributed by atoms with van der Waals surface area (Å²) < 4.78 is 21.8. The molecule has 1 N–H and O–H groups in total. The van der Waals surface area contributed by atoms with Gasteiger partial charge in [-0.25, -0.2) is 0 Å². The minimum absolute atomic E-state index is 0.0429. The van der Waals surface area contributed by atoms with E-state index in [1.54, 1.807) is 37.5 Å². The summed E-state index contributed by atoms with van der Waals surface area (Å²) in [4.78, 5) is 25.4. The number of benzene rings is 3. The predicted molar refractivity (Wildman–Crippen MR) is 119 cm³/mol. The van der Waals surface area contributed by atoms with Gasteiger partial charge in [0.25, 0.3) is 0 Å². The van der Waals surface area contributed by atoms with Crippen LogP contribution in [0.3, 0.4) is 0 Å². The number of phenolic OH excluding ortho intramolecular Hbond substituents is 1. The number of rotatable bonds is 4. The molecule has 3 aromatic rings. The lowest BCUT2D eigenvalue weighted by atomic mass is 9.84. The molecule has 0 fully saturated rings. The van der Waals surface area contributed by atoms with Gasteiger partial charge in [0.15, 0.2) is 17.3 Å². The van der Waals surface area contributed by atoms with Crippen LogP contribution >= 0.6 is 0 Å². The van der Waals surface area contributed by atoms with Crippen LogP contribution in [0.2, 0.25) is 0 Å². The molecule has 1 atom stereocenters. The number of allylic oxidation sites excluding steroid dienone is 1. The van der Waals surface area contributed by atoms with E-state index in [-0.39, 0.29) is 35.6 Å². The molecule has 0 radical (unpaired) electrons. The van der Waals surface area contributed by atoms with E-state index in [4.69, 9.17) is 18.9 Å². The normalized spacial score (nSPS) is 17.8. The van der Waals surface area contributed by atoms with Crippen LogP contribution < -0.4 is 18.9 Å². The third kappa shape index (κ3) is 3.57. The quantitative estimate of drug-likeness (QED) is 0.361. The average molecular weight is 444 g/mol. The zero-order valence-corrected chi connectivity index (χ0v) is 18.0. The topological polar surface area (TPSA) is 91.3 Å². The zero-order valence-electron chi connectivity index (χ0n) is 18.0. The fourth-order valence-corrected chi connectivity index (χ4v) is 4.18. The van der Waals surface area contributed by atoms with Crippen LogP contribution in [0.25, 0.3) is 6.08 Å². The maximum absolute atomic E-state index is 13.1. The summed E-state index contributed by atoms with van der Waals surface area (Å²) in [6.07, 6.45) is 1.68. The van der Waals surface area contributed by atoms with Gasteiger partial charge in [-0.1, -0.05) is 18.2 Å². The Bertz CT molecular complexity index is 1300. The standard InChI is InChI=1S/C26H20O7/c1-30-16-6-4-15(5-7-16)18-13-23(28)32-21-10-8-17-25(29)22(33-26(17)24(18)21)12-14-3-9-20(31-2)19(27)11-14/h3-12,18,27H,13H2,1-2H3/b22-12-/t18-/m1/s1. The van der Waals surface area contributed by atoms with Gasteiger partial charge in [-0.05, 0) is 53.6 Å². The molecule has 0 spiro atoms. The second-order valence-corrected chi connectivity index (χ2v) is 7.73. The van der Waals surface area contributed by atoms with E-state index in [0.29, 0.717) is 39.7 Å². The van der Waals surface area contributed by atoms with Crippen molar-refractivity contribution in [3.8, 4) is 28.7 Å². The van der Waals surface area contributed by atoms with Gasteiger partial charge in [-0.15, -0.1) is 0 Å². The first-order valence-electron chi connectivity index (χ1n) is 10.3. The maximum Gasteiger partial charge on any atom is 0.312 e. The number of aromatic hydroxyl groups is 1. The van der Waals surface area contributed by atoms with Crippen molar-refractivity contribution < 1.29 is 33.6 Å². The second-order valence-electron chi connectivity index (χ2n) is 7.73. The van der Waals surface area contributed by atoms with Crippen molar-refractivity contribution >= 4 is 17.8 Å². The Labute approximate surface area is 189 Å². The Kier molecular flexibility index (Phi) is 5.01. The summed E-state index contributed by atoms with van der Waals surface area (Å²) in [5.41, 5.74) is 2.52. The van der Waals surface area contributed by atoms with E-state index < -0.39 is 0 Å². The summed E-state index contributed by atoms with van der Waals surface area (Å²) in [5, 5.41) is 10.0. The van der Waals surface area contributed by atoms with Gasteiger partial charge in [0.1, 0.15) is 17.2 Å². The van der Waals surface area contributed by atoms with Gasteiger partial charge in [-0.2, -0.15) is 0 Å². The van der Waals surface area contributed by atoms with Gasteiger partial charge in [0.2, 0.25) is 5.78 Å². The lowest BCUT2D eigenvalue weighted by molar-refractivity contribution is -0.135. The average Bonchev–Trinajstić information content (AvgIpc) is 3.13. The first-order valence-corrected chi connectivity index (χ1v) is 10.3. The Morgan fingerprint density at radius 1 is 0.970 bits per heavy atom. The Morgan fingerprint density at radius 3 is 2.45 bits per heavy atom. The number of hydrogen-bond acceptors (Lipinski definition) is 7. The van der Waals surface area contributed by atoms with Crippen LogP contribution in [-0.2, 0) is 4.79 Å². The molecule has 2 aliphatic rings. The molecule has 2 heterocycles. The summed E-state index contributed by atoms with van der Waals surface area (Å²) in [5.74, 6) is 0.904. The van der Waals surface area contributed by atoms with E-state index >= 15 is 0 Å². The molecule has 0 unspecified atom stereocenters. The van der Waals surface area contributed by atoms with Gasteiger partial charge in [-0.3, -0.25) is 9.59 Å². The molecule has 0 bridgehead atoms. The fourth-order valence-electron chi connectivity index (χ4n) is 4.18. The van der Waals surface area contributed by atoms with E-state index in [1.807, 2.05) is 24.3 Å². The van der Waals surface area contributed by atoms with Gasteiger partial charge >= 0.3 is 5.97 Å². The maximum atomic E-state index is 13.1. The molecule has 7 heteroatoms. The Morgan fingerprint density at radius 2 is 1.76 bits per heavy atom. The molecule has 3 aromatic carbocycles. The first-order chi connectivity index (χ1) is 16.0. The highest BCUT2D eigenvalue weighted by molar-refractivity contribution is 6.15. The van der Waals surface area contributed by atoms with Gasteiger partial charge in [0.05, 0.1) is 26.2 Å². The zero-order chi connectivity index (χ0) is 23.1. The van der Waals surface area contributed by atoms with Gasteiger partial charge < -0.3 is 24.1 Å². The number of carbonyl (C=O) groups is 2. The van der Waals surface area contributed by atoms with E-state index in [1.165, 1.54) is 13.2 Å². The SMILES string of the molecule is COc1ccc([C@H]2CC(=O)Oc3ccc4c(c32)O/C(=C\c2ccc(OC)c(O)c2)C4=O)cc1. The van der Waals surface area contributed by atoms with Crippen molar-refractivity contribution in [1.29, 1.82) is 0 Å².